The fourth-order valence-electron chi connectivity index (χ4n) is 3.70. The van der Waals surface area contributed by atoms with Gasteiger partial charge in [-0.1, -0.05) is 71.8 Å². The van der Waals surface area contributed by atoms with Gasteiger partial charge in [-0.25, -0.2) is 0 Å². The molecule has 0 atom stereocenters. The standard InChI is InChI=1S/C27H26N2O2/c1-17-6-11-21(12-7-17)16-29-26(30)24(22-13-8-18(2)9-14-22)25(27(29)31)28-23-15-19(3)5-10-20(23)4/h5-15,28H,16H2,1-4H3. The number of carbonyl (C=O) groups excluding carboxylic acids is 2. The number of aryl methyl sites for hydroxylation is 4. The number of nitrogens with zero attached hydrogens (tertiary/aromatic N) is 1. The van der Waals surface area contributed by atoms with Gasteiger partial charge in [-0.3, -0.25) is 14.5 Å². The Kier molecular flexibility index (Phi) is 5.47. The molecule has 3 aromatic rings. The molecule has 4 nitrogen and oxygen atoms in total. The summed E-state index contributed by atoms with van der Waals surface area (Å²) >= 11 is 0. The molecule has 0 radical (unpaired) electrons. The maximum absolute atomic E-state index is 13.4. The van der Waals surface area contributed by atoms with E-state index >= 15 is 0 Å². The zero-order valence-corrected chi connectivity index (χ0v) is 18.3. The van der Waals surface area contributed by atoms with Crippen LogP contribution in [0.4, 0.5) is 5.69 Å². The number of anilines is 1. The van der Waals surface area contributed by atoms with E-state index in [4.69, 9.17) is 0 Å². The SMILES string of the molecule is Cc1ccc(CN2C(=O)C(Nc3cc(C)ccc3C)=C(c3ccc(C)cc3)C2=O)cc1. The highest BCUT2D eigenvalue weighted by Crippen LogP contribution is 2.32. The molecule has 31 heavy (non-hydrogen) atoms. The average Bonchev–Trinajstić information content (AvgIpc) is 2.97. The van der Waals surface area contributed by atoms with Crippen LogP contribution in [0.1, 0.15) is 33.4 Å². The highest BCUT2D eigenvalue weighted by Gasteiger charge is 2.39. The van der Waals surface area contributed by atoms with Crippen LogP contribution < -0.4 is 5.32 Å². The first-order chi connectivity index (χ1) is 14.8. The van der Waals surface area contributed by atoms with Crippen molar-refractivity contribution in [1.29, 1.82) is 0 Å². The van der Waals surface area contributed by atoms with Crippen LogP contribution in [0.5, 0.6) is 0 Å². The molecule has 0 aliphatic carbocycles. The van der Waals surface area contributed by atoms with Crippen molar-refractivity contribution in [2.24, 2.45) is 0 Å². The van der Waals surface area contributed by atoms with E-state index < -0.39 is 0 Å². The first-order valence-corrected chi connectivity index (χ1v) is 10.4. The summed E-state index contributed by atoms with van der Waals surface area (Å²) in [6.45, 7) is 8.24. The quantitative estimate of drug-likeness (QED) is 0.580. The summed E-state index contributed by atoms with van der Waals surface area (Å²) in [7, 11) is 0. The third-order valence-corrected chi connectivity index (χ3v) is 5.62. The summed E-state index contributed by atoms with van der Waals surface area (Å²) < 4.78 is 0. The number of carbonyl (C=O) groups is 2. The molecule has 2 amide bonds. The summed E-state index contributed by atoms with van der Waals surface area (Å²) in [5.74, 6) is -0.579. The topological polar surface area (TPSA) is 49.4 Å². The molecule has 4 rings (SSSR count). The fourth-order valence-corrected chi connectivity index (χ4v) is 3.70. The van der Waals surface area contributed by atoms with E-state index in [-0.39, 0.29) is 18.4 Å². The first kappa shape index (κ1) is 20.6. The molecule has 1 aliphatic rings. The van der Waals surface area contributed by atoms with Crippen molar-refractivity contribution in [1.82, 2.24) is 4.90 Å². The zero-order chi connectivity index (χ0) is 22.1. The van der Waals surface area contributed by atoms with E-state index in [0.717, 1.165) is 39.1 Å². The number of imide groups is 1. The number of hydrogen-bond donors (Lipinski definition) is 1. The Hall–Kier alpha value is -3.66. The molecule has 3 aromatic carbocycles. The Morgan fingerprint density at radius 1 is 0.710 bits per heavy atom. The zero-order valence-electron chi connectivity index (χ0n) is 18.3. The maximum atomic E-state index is 13.4. The molecule has 0 aromatic heterocycles. The number of benzene rings is 3. The number of amides is 2. The normalized spacial score (nSPS) is 13.9. The maximum Gasteiger partial charge on any atom is 0.278 e. The summed E-state index contributed by atoms with van der Waals surface area (Å²) in [5, 5.41) is 3.29. The monoisotopic (exact) mass is 410 g/mol. The molecular formula is C27H26N2O2. The Morgan fingerprint density at radius 2 is 1.29 bits per heavy atom. The highest BCUT2D eigenvalue weighted by atomic mass is 16.2. The molecule has 0 spiro atoms. The predicted molar refractivity (Wildman–Crippen MR) is 124 cm³/mol. The van der Waals surface area contributed by atoms with Crippen LogP contribution >= 0.6 is 0 Å². The first-order valence-electron chi connectivity index (χ1n) is 10.4. The second-order valence-electron chi connectivity index (χ2n) is 8.24. The third-order valence-electron chi connectivity index (χ3n) is 5.62. The van der Waals surface area contributed by atoms with Gasteiger partial charge in [0, 0.05) is 5.69 Å². The molecule has 0 unspecified atom stereocenters. The van der Waals surface area contributed by atoms with Gasteiger partial charge in [0.25, 0.3) is 11.8 Å². The second-order valence-corrected chi connectivity index (χ2v) is 8.24. The van der Waals surface area contributed by atoms with E-state index in [1.54, 1.807) is 0 Å². The fraction of sp³-hybridized carbons (Fsp3) is 0.185. The average molecular weight is 411 g/mol. The Bertz CT molecular complexity index is 1190. The Labute approximate surface area is 183 Å². The second kappa shape index (κ2) is 8.23. The molecule has 4 heteroatoms. The lowest BCUT2D eigenvalue weighted by molar-refractivity contribution is -0.137. The van der Waals surface area contributed by atoms with Gasteiger partial charge in [0.05, 0.1) is 12.1 Å². The van der Waals surface area contributed by atoms with E-state index in [0.29, 0.717) is 11.3 Å². The smallest absolute Gasteiger partial charge is 0.278 e. The van der Waals surface area contributed by atoms with Crippen LogP contribution in [0.15, 0.2) is 72.4 Å². The van der Waals surface area contributed by atoms with Crippen LogP contribution in [0.25, 0.3) is 5.57 Å². The number of hydrogen-bond acceptors (Lipinski definition) is 3. The van der Waals surface area contributed by atoms with Crippen molar-refractivity contribution >= 4 is 23.1 Å². The van der Waals surface area contributed by atoms with Gasteiger partial charge in [-0.2, -0.15) is 0 Å². The Morgan fingerprint density at radius 3 is 1.94 bits per heavy atom. The number of rotatable bonds is 5. The van der Waals surface area contributed by atoms with E-state index in [1.807, 2.05) is 94.4 Å². The van der Waals surface area contributed by atoms with E-state index in [1.165, 1.54) is 4.90 Å². The summed E-state index contributed by atoms with van der Waals surface area (Å²) in [6.07, 6.45) is 0. The van der Waals surface area contributed by atoms with Crippen LogP contribution in [-0.4, -0.2) is 16.7 Å². The molecule has 1 heterocycles. The van der Waals surface area contributed by atoms with Crippen molar-refractivity contribution in [2.75, 3.05) is 5.32 Å². The lowest BCUT2D eigenvalue weighted by atomic mass is 10.0. The molecular weight excluding hydrogens is 384 g/mol. The molecule has 0 fully saturated rings. The molecule has 156 valence electrons. The van der Waals surface area contributed by atoms with Crippen molar-refractivity contribution in [3.63, 3.8) is 0 Å². The van der Waals surface area contributed by atoms with Crippen LogP contribution in [0.2, 0.25) is 0 Å². The summed E-state index contributed by atoms with van der Waals surface area (Å²) in [4.78, 5) is 28.2. The summed E-state index contributed by atoms with van der Waals surface area (Å²) in [5.41, 5.74) is 7.56. The molecule has 1 aliphatic heterocycles. The van der Waals surface area contributed by atoms with Gasteiger partial charge < -0.3 is 5.32 Å². The van der Waals surface area contributed by atoms with Gasteiger partial charge in [0.2, 0.25) is 0 Å². The predicted octanol–water partition coefficient (Wildman–Crippen LogP) is 5.31. The minimum Gasteiger partial charge on any atom is -0.350 e. The van der Waals surface area contributed by atoms with Gasteiger partial charge in [0.1, 0.15) is 5.70 Å². The van der Waals surface area contributed by atoms with Gasteiger partial charge in [-0.15, -0.1) is 0 Å². The van der Waals surface area contributed by atoms with Gasteiger partial charge in [-0.05, 0) is 56.0 Å². The molecule has 1 N–H and O–H groups in total. The van der Waals surface area contributed by atoms with Crippen LogP contribution in [0.3, 0.4) is 0 Å². The highest BCUT2D eigenvalue weighted by molar-refractivity contribution is 6.36. The molecule has 0 saturated carbocycles. The van der Waals surface area contributed by atoms with Crippen molar-refractivity contribution < 1.29 is 9.59 Å². The van der Waals surface area contributed by atoms with Crippen LogP contribution in [-0.2, 0) is 16.1 Å². The van der Waals surface area contributed by atoms with Gasteiger partial charge in [0.15, 0.2) is 0 Å². The van der Waals surface area contributed by atoms with Crippen LogP contribution in [0, 0.1) is 27.7 Å². The van der Waals surface area contributed by atoms with Crippen molar-refractivity contribution in [2.45, 2.75) is 34.2 Å². The lowest BCUT2D eigenvalue weighted by Gasteiger charge is -2.16. The molecule has 0 bridgehead atoms. The van der Waals surface area contributed by atoms with Gasteiger partial charge >= 0.3 is 0 Å². The van der Waals surface area contributed by atoms with E-state index in [2.05, 4.69) is 5.32 Å². The third kappa shape index (κ3) is 4.15. The lowest BCUT2D eigenvalue weighted by Crippen LogP contribution is -2.32. The van der Waals surface area contributed by atoms with Crippen molar-refractivity contribution in [3.05, 3.63) is 106 Å². The molecule has 0 saturated heterocycles. The summed E-state index contributed by atoms with van der Waals surface area (Å²) in [6, 6.07) is 21.6. The Balaban J connectivity index is 1.76. The minimum absolute atomic E-state index is 0.241. The number of nitrogens with one attached hydrogen (secondary N) is 1. The largest absolute Gasteiger partial charge is 0.350 e. The van der Waals surface area contributed by atoms with Crippen molar-refractivity contribution in [3.8, 4) is 0 Å². The minimum atomic E-state index is -0.304. The van der Waals surface area contributed by atoms with E-state index in [9.17, 15) is 9.59 Å².